The molecular formula is C17H26N8O. The van der Waals surface area contributed by atoms with Crippen LogP contribution in [-0.4, -0.2) is 66.2 Å². The first-order chi connectivity index (χ1) is 12.7. The maximum absolute atomic E-state index is 12.8. The molecule has 0 saturated carbocycles. The molecule has 4 heterocycles. The van der Waals surface area contributed by atoms with E-state index in [4.69, 9.17) is 0 Å². The van der Waals surface area contributed by atoms with Gasteiger partial charge in [-0.1, -0.05) is 11.6 Å². The topological polar surface area (TPSA) is 93.8 Å². The number of hydrogen-bond donors (Lipinski definition) is 1. The Hall–Kier alpha value is -2.29. The molecule has 0 spiro atoms. The number of nitrogens with zero attached hydrogens (tertiary/aromatic N) is 7. The summed E-state index contributed by atoms with van der Waals surface area (Å²) in [5.74, 6) is 1.79. The number of aryl methyl sites for hydroxylation is 2. The van der Waals surface area contributed by atoms with Gasteiger partial charge in [0, 0.05) is 38.6 Å². The lowest BCUT2D eigenvalue weighted by atomic mass is 10.0. The first-order valence-corrected chi connectivity index (χ1v) is 9.52. The molecule has 1 atom stereocenters. The van der Waals surface area contributed by atoms with Crippen LogP contribution < -0.4 is 5.32 Å². The van der Waals surface area contributed by atoms with Crippen LogP contribution in [0.15, 0.2) is 6.20 Å². The van der Waals surface area contributed by atoms with Crippen molar-refractivity contribution in [2.24, 2.45) is 0 Å². The van der Waals surface area contributed by atoms with Gasteiger partial charge in [-0.2, -0.15) is 0 Å². The number of carbonyl (C=O) groups is 1. The van der Waals surface area contributed by atoms with Crippen LogP contribution in [0.3, 0.4) is 0 Å². The maximum Gasteiger partial charge on any atom is 0.276 e. The molecule has 2 aliphatic rings. The number of carbonyl (C=O) groups excluding carboxylic acids is 1. The highest BCUT2D eigenvalue weighted by Gasteiger charge is 2.23. The summed E-state index contributed by atoms with van der Waals surface area (Å²) in [4.78, 5) is 14.6. The Bertz CT molecular complexity index is 761. The van der Waals surface area contributed by atoms with Crippen molar-refractivity contribution >= 4 is 5.91 Å². The molecule has 4 rings (SSSR count). The van der Waals surface area contributed by atoms with E-state index in [1.165, 1.54) is 19.3 Å². The first kappa shape index (κ1) is 17.1. The molecule has 0 aliphatic carbocycles. The summed E-state index contributed by atoms with van der Waals surface area (Å²) in [5.41, 5.74) is 0.427. The quantitative estimate of drug-likeness (QED) is 0.851. The number of fused-ring (bicyclic) bond motifs is 1. The Morgan fingerprint density at radius 2 is 2.15 bits per heavy atom. The van der Waals surface area contributed by atoms with E-state index in [9.17, 15) is 4.79 Å². The fraction of sp³-hybridized carbons (Fsp3) is 0.706. The lowest BCUT2D eigenvalue weighted by Gasteiger charge is -2.23. The van der Waals surface area contributed by atoms with E-state index in [-0.39, 0.29) is 5.91 Å². The number of amides is 1. The molecule has 2 aromatic rings. The first-order valence-electron chi connectivity index (χ1n) is 9.52. The zero-order valence-electron chi connectivity index (χ0n) is 15.3. The number of rotatable bonds is 4. The molecule has 2 aromatic heterocycles. The third-order valence-corrected chi connectivity index (χ3v) is 5.38. The van der Waals surface area contributed by atoms with Crippen molar-refractivity contribution in [3.05, 3.63) is 23.5 Å². The lowest BCUT2D eigenvalue weighted by molar-refractivity contribution is 0.0752. The Kier molecular flexibility index (Phi) is 4.96. The minimum Gasteiger partial charge on any atom is -0.335 e. The van der Waals surface area contributed by atoms with E-state index in [0.29, 0.717) is 31.2 Å². The smallest absolute Gasteiger partial charge is 0.276 e. The Labute approximate surface area is 152 Å². The maximum atomic E-state index is 12.8. The second kappa shape index (κ2) is 7.53. The Balaban J connectivity index is 1.34. The lowest BCUT2D eigenvalue weighted by Crippen LogP contribution is -2.34. The standard InChI is InChI=1S/C17H26N8O/c1-13-19-21-16-6-8-23(10-11-25(13)16)17(26)15-12-24(22-20-15)9-5-14-4-2-3-7-18-14/h12,14,18H,2-11H2,1H3/t14-/m1/s1. The van der Waals surface area contributed by atoms with Crippen molar-refractivity contribution in [2.75, 3.05) is 19.6 Å². The van der Waals surface area contributed by atoms with Gasteiger partial charge in [0.05, 0.1) is 6.20 Å². The molecule has 1 N–H and O–H groups in total. The van der Waals surface area contributed by atoms with Crippen LogP contribution in [0, 0.1) is 6.92 Å². The van der Waals surface area contributed by atoms with Crippen LogP contribution in [0.1, 0.15) is 47.8 Å². The summed E-state index contributed by atoms with van der Waals surface area (Å²) in [6, 6.07) is 0.553. The van der Waals surface area contributed by atoms with Crippen molar-refractivity contribution in [2.45, 2.75) is 58.2 Å². The third-order valence-electron chi connectivity index (χ3n) is 5.38. The second-order valence-corrected chi connectivity index (χ2v) is 7.16. The van der Waals surface area contributed by atoms with Crippen LogP contribution in [0.4, 0.5) is 0 Å². The van der Waals surface area contributed by atoms with Gasteiger partial charge in [0.25, 0.3) is 5.91 Å². The SMILES string of the molecule is Cc1nnc2n1CCN(C(=O)c1cn(CC[C@H]3CCCCN3)nn1)CC2. The molecule has 1 amide bonds. The average molecular weight is 358 g/mol. The molecule has 0 aromatic carbocycles. The average Bonchev–Trinajstić information content (AvgIpc) is 3.21. The van der Waals surface area contributed by atoms with Crippen molar-refractivity contribution in [1.82, 2.24) is 40.0 Å². The highest BCUT2D eigenvalue weighted by Crippen LogP contribution is 2.13. The molecule has 1 fully saturated rings. The van der Waals surface area contributed by atoms with Crippen LogP contribution in [0.2, 0.25) is 0 Å². The van der Waals surface area contributed by atoms with Gasteiger partial charge in [-0.15, -0.1) is 15.3 Å². The monoisotopic (exact) mass is 358 g/mol. The molecule has 1 saturated heterocycles. The molecule has 140 valence electrons. The molecule has 2 aliphatic heterocycles. The summed E-state index contributed by atoms with van der Waals surface area (Å²) >= 11 is 0. The van der Waals surface area contributed by atoms with E-state index >= 15 is 0 Å². The largest absolute Gasteiger partial charge is 0.335 e. The third kappa shape index (κ3) is 3.62. The summed E-state index contributed by atoms with van der Waals surface area (Å²) in [6.07, 6.45) is 7.30. The minimum absolute atomic E-state index is 0.0524. The van der Waals surface area contributed by atoms with Crippen molar-refractivity contribution in [3.8, 4) is 0 Å². The van der Waals surface area contributed by atoms with Gasteiger partial charge in [-0.05, 0) is 32.7 Å². The van der Waals surface area contributed by atoms with E-state index < -0.39 is 0 Å². The van der Waals surface area contributed by atoms with Crippen molar-refractivity contribution < 1.29 is 4.79 Å². The van der Waals surface area contributed by atoms with E-state index in [0.717, 1.165) is 37.7 Å². The molecule has 0 bridgehead atoms. The van der Waals surface area contributed by atoms with Crippen molar-refractivity contribution in [1.29, 1.82) is 0 Å². The Morgan fingerprint density at radius 1 is 1.23 bits per heavy atom. The molecular weight excluding hydrogens is 332 g/mol. The predicted octanol–water partition coefficient (Wildman–Crippen LogP) is 0.409. The van der Waals surface area contributed by atoms with E-state index in [1.807, 2.05) is 11.8 Å². The van der Waals surface area contributed by atoms with Gasteiger partial charge in [-0.25, -0.2) is 0 Å². The normalized spacial score (nSPS) is 20.7. The number of aromatic nitrogens is 6. The summed E-state index contributed by atoms with van der Waals surface area (Å²) in [7, 11) is 0. The number of piperidine rings is 1. The predicted molar refractivity (Wildman–Crippen MR) is 94.6 cm³/mol. The van der Waals surface area contributed by atoms with Gasteiger partial charge < -0.3 is 14.8 Å². The second-order valence-electron chi connectivity index (χ2n) is 7.16. The fourth-order valence-electron chi connectivity index (χ4n) is 3.80. The minimum atomic E-state index is -0.0524. The van der Waals surface area contributed by atoms with Gasteiger partial charge in [0.15, 0.2) is 5.69 Å². The zero-order valence-corrected chi connectivity index (χ0v) is 15.3. The number of hydrogen-bond acceptors (Lipinski definition) is 6. The fourth-order valence-corrected chi connectivity index (χ4v) is 3.80. The molecule has 0 radical (unpaired) electrons. The van der Waals surface area contributed by atoms with Crippen LogP contribution in [-0.2, 0) is 19.5 Å². The highest BCUT2D eigenvalue weighted by molar-refractivity contribution is 5.91. The van der Waals surface area contributed by atoms with Gasteiger partial charge >= 0.3 is 0 Å². The summed E-state index contributed by atoms with van der Waals surface area (Å²) in [5, 5.41) is 20.1. The van der Waals surface area contributed by atoms with Gasteiger partial charge in [0.2, 0.25) is 0 Å². The molecule has 26 heavy (non-hydrogen) atoms. The van der Waals surface area contributed by atoms with Crippen LogP contribution in [0.25, 0.3) is 0 Å². The van der Waals surface area contributed by atoms with E-state index in [2.05, 4.69) is 30.4 Å². The van der Waals surface area contributed by atoms with Crippen LogP contribution >= 0.6 is 0 Å². The molecule has 9 heteroatoms. The zero-order chi connectivity index (χ0) is 17.9. The summed E-state index contributed by atoms with van der Waals surface area (Å²) in [6.45, 7) is 5.84. The molecule has 9 nitrogen and oxygen atoms in total. The number of nitrogens with one attached hydrogen (secondary N) is 1. The van der Waals surface area contributed by atoms with Crippen molar-refractivity contribution in [3.63, 3.8) is 0 Å². The Morgan fingerprint density at radius 3 is 3.00 bits per heavy atom. The van der Waals surface area contributed by atoms with Crippen LogP contribution in [0.5, 0.6) is 0 Å². The van der Waals surface area contributed by atoms with Gasteiger partial charge in [0.1, 0.15) is 11.6 Å². The summed E-state index contributed by atoms with van der Waals surface area (Å²) < 4.78 is 3.88. The molecule has 0 unspecified atom stereocenters. The highest BCUT2D eigenvalue weighted by atomic mass is 16.2. The van der Waals surface area contributed by atoms with Gasteiger partial charge in [-0.3, -0.25) is 9.48 Å². The van der Waals surface area contributed by atoms with E-state index in [1.54, 1.807) is 10.9 Å².